The predicted molar refractivity (Wildman–Crippen MR) is 92.8 cm³/mol. The van der Waals surface area contributed by atoms with E-state index < -0.39 is 0 Å². The van der Waals surface area contributed by atoms with Gasteiger partial charge >= 0.3 is 0 Å². The van der Waals surface area contributed by atoms with Gasteiger partial charge in [0.25, 0.3) is 0 Å². The molecule has 2 heteroatoms. The lowest BCUT2D eigenvalue weighted by atomic mass is 9.76. The first-order chi connectivity index (χ1) is 8.11. The average Bonchev–Trinajstić information content (AvgIpc) is 2.32. The molecule has 0 amide bonds. The Morgan fingerprint density at radius 1 is 1.59 bits per heavy atom. The fourth-order valence-corrected chi connectivity index (χ4v) is 3.89. The van der Waals surface area contributed by atoms with E-state index in [9.17, 15) is 0 Å². The van der Waals surface area contributed by atoms with E-state index in [0.717, 1.165) is 0 Å². The molecule has 0 aromatic rings. The summed E-state index contributed by atoms with van der Waals surface area (Å²) in [7, 11) is 0. The molecule has 0 spiro atoms. The Balaban J connectivity index is 2.15. The third-order valence-electron chi connectivity index (χ3n) is 3.68. The molecule has 0 fully saturated rings. The van der Waals surface area contributed by atoms with Gasteiger partial charge in [0.1, 0.15) is 0 Å². The number of allylic oxidation sites excluding steroid dienone is 7. The maximum Gasteiger partial charge on any atom is 0.0330 e. The maximum atomic E-state index is 4.35. The molecule has 17 heavy (non-hydrogen) atoms. The van der Waals surface area contributed by atoms with E-state index in [4.69, 9.17) is 0 Å². The van der Waals surface area contributed by atoms with Crippen molar-refractivity contribution in [3.8, 4) is 0 Å². The number of hydrogen-bond donors (Lipinski definition) is 0. The van der Waals surface area contributed by atoms with Crippen LogP contribution in [0.1, 0.15) is 32.6 Å². The van der Waals surface area contributed by atoms with Crippen molar-refractivity contribution in [2.24, 2.45) is 5.92 Å². The zero-order valence-corrected chi connectivity index (χ0v) is 14.5. The summed E-state index contributed by atoms with van der Waals surface area (Å²) in [5.41, 5.74) is 4.49. The second-order valence-electron chi connectivity index (χ2n) is 4.80. The van der Waals surface area contributed by atoms with Crippen LogP contribution in [0.15, 0.2) is 45.1 Å². The first-order valence-electron chi connectivity index (χ1n) is 6.16. The summed E-state index contributed by atoms with van der Waals surface area (Å²) in [4.78, 5) is 0. The standard InChI is InChI=1S/C15H18I2/c1-3-13(16)8-11-4-5-12-9-14(17)6-7-15(12)10(11)2/h3,6-7,11,14H,2,4-5,8-9H2,1H3/b13-3+/t11?,14-/m0/s1. The lowest BCUT2D eigenvalue weighted by Gasteiger charge is -2.31. The van der Waals surface area contributed by atoms with Crippen LogP contribution in [0, 0.1) is 5.92 Å². The van der Waals surface area contributed by atoms with E-state index in [0.29, 0.717) is 9.84 Å². The summed E-state index contributed by atoms with van der Waals surface area (Å²) in [5.74, 6) is 0.660. The fourth-order valence-electron chi connectivity index (χ4n) is 2.62. The van der Waals surface area contributed by atoms with Crippen molar-refractivity contribution < 1.29 is 0 Å². The quantitative estimate of drug-likeness (QED) is 0.371. The van der Waals surface area contributed by atoms with Crippen LogP contribution in [0.2, 0.25) is 0 Å². The topological polar surface area (TPSA) is 0 Å². The molecule has 92 valence electrons. The van der Waals surface area contributed by atoms with E-state index in [1.165, 1.54) is 40.4 Å². The highest BCUT2D eigenvalue weighted by molar-refractivity contribution is 14.1. The van der Waals surface area contributed by atoms with Gasteiger partial charge in [0.05, 0.1) is 0 Å². The molecule has 0 radical (unpaired) electrons. The SMILES string of the molecule is C=C1C2=C(CCC1C/C(I)=C\C)C[C@@H](I)C=C2. The van der Waals surface area contributed by atoms with Gasteiger partial charge in [-0.3, -0.25) is 0 Å². The van der Waals surface area contributed by atoms with Crippen molar-refractivity contribution in [3.05, 3.63) is 45.1 Å². The fraction of sp³-hybridized carbons (Fsp3) is 0.467. The molecule has 0 nitrogen and oxygen atoms in total. The second-order valence-corrected chi connectivity index (χ2v) is 7.78. The smallest absolute Gasteiger partial charge is 0.0330 e. The maximum absolute atomic E-state index is 4.35. The molecule has 0 aromatic carbocycles. The molecule has 2 aliphatic rings. The number of rotatable bonds is 2. The Morgan fingerprint density at radius 3 is 3.06 bits per heavy atom. The van der Waals surface area contributed by atoms with Gasteiger partial charge in [-0.1, -0.05) is 53.0 Å². The summed E-state index contributed by atoms with van der Waals surface area (Å²) in [5, 5.41) is 0. The Morgan fingerprint density at radius 2 is 2.35 bits per heavy atom. The van der Waals surface area contributed by atoms with Crippen molar-refractivity contribution in [1.82, 2.24) is 0 Å². The number of hydrogen-bond acceptors (Lipinski definition) is 0. The number of halogens is 2. The van der Waals surface area contributed by atoms with Crippen molar-refractivity contribution >= 4 is 45.2 Å². The van der Waals surface area contributed by atoms with Gasteiger partial charge in [-0.05, 0) is 75.8 Å². The molecule has 0 bridgehead atoms. The van der Waals surface area contributed by atoms with E-state index in [1.54, 1.807) is 5.57 Å². The molecule has 2 rings (SSSR count). The molecule has 0 N–H and O–H groups in total. The van der Waals surface area contributed by atoms with Crippen LogP contribution in [0.25, 0.3) is 0 Å². The van der Waals surface area contributed by atoms with Gasteiger partial charge in [0, 0.05) is 3.92 Å². The molecule has 0 aromatic heterocycles. The monoisotopic (exact) mass is 452 g/mol. The highest BCUT2D eigenvalue weighted by Crippen LogP contribution is 2.42. The Bertz CT molecular complexity index is 413. The molecule has 1 unspecified atom stereocenters. The molecular weight excluding hydrogens is 434 g/mol. The summed E-state index contributed by atoms with van der Waals surface area (Å²) >= 11 is 4.98. The largest absolute Gasteiger partial charge is 0.0949 e. The van der Waals surface area contributed by atoms with Gasteiger partial charge in [-0.2, -0.15) is 0 Å². The van der Waals surface area contributed by atoms with Crippen LogP contribution in [0.3, 0.4) is 0 Å². The van der Waals surface area contributed by atoms with Crippen LogP contribution in [-0.4, -0.2) is 3.92 Å². The molecule has 2 atom stereocenters. The Kier molecular flexibility index (Phi) is 4.92. The van der Waals surface area contributed by atoms with Crippen LogP contribution in [0.5, 0.6) is 0 Å². The molecule has 0 heterocycles. The Hall–Kier alpha value is 0.420. The summed E-state index contributed by atoms with van der Waals surface area (Å²) in [6, 6.07) is 0. The molecule has 2 aliphatic carbocycles. The van der Waals surface area contributed by atoms with E-state index in [1.807, 2.05) is 0 Å². The Labute approximate surface area is 132 Å². The minimum absolute atomic E-state index is 0.660. The summed E-state index contributed by atoms with van der Waals surface area (Å²) in [6.07, 6.45) is 11.8. The zero-order chi connectivity index (χ0) is 12.4. The number of alkyl halides is 1. The van der Waals surface area contributed by atoms with Crippen molar-refractivity contribution in [2.75, 3.05) is 0 Å². The summed E-state index contributed by atoms with van der Waals surface area (Å²) in [6.45, 7) is 6.47. The van der Waals surface area contributed by atoms with Gasteiger partial charge in [0.2, 0.25) is 0 Å². The van der Waals surface area contributed by atoms with Crippen LogP contribution in [-0.2, 0) is 0 Å². The van der Waals surface area contributed by atoms with Gasteiger partial charge < -0.3 is 0 Å². The van der Waals surface area contributed by atoms with Crippen LogP contribution >= 0.6 is 45.2 Å². The van der Waals surface area contributed by atoms with Crippen molar-refractivity contribution in [3.63, 3.8) is 0 Å². The lowest BCUT2D eigenvalue weighted by molar-refractivity contribution is 0.541. The zero-order valence-electron chi connectivity index (χ0n) is 10.2. The lowest BCUT2D eigenvalue weighted by Crippen LogP contribution is -2.17. The molecular formula is C15H18I2. The average molecular weight is 452 g/mol. The molecule has 0 saturated heterocycles. The normalized spacial score (nSPS) is 29.6. The van der Waals surface area contributed by atoms with Crippen LogP contribution in [0.4, 0.5) is 0 Å². The van der Waals surface area contributed by atoms with E-state index >= 15 is 0 Å². The molecule has 0 saturated carbocycles. The second kappa shape index (κ2) is 6.04. The summed E-state index contributed by atoms with van der Waals surface area (Å²) < 4.78 is 2.15. The third-order valence-corrected chi connectivity index (χ3v) is 5.60. The third kappa shape index (κ3) is 3.25. The molecule has 0 aliphatic heterocycles. The van der Waals surface area contributed by atoms with Crippen molar-refractivity contribution in [2.45, 2.75) is 36.5 Å². The van der Waals surface area contributed by atoms with E-state index in [2.05, 4.69) is 76.9 Å². The highest BCUT2D eigenvalue weighted by atomic mass is 127. The first-order valence-corrected chi connectivity index (χ1v) is 8.48. The predicted octanol–water partition coefficient (Wildman–Crippen LogP) is 5.74. The van der Waals surface area contributed by atoms with Gasteiger partial charge in [-0.25, -0.2) is 0 Å². The van der Waals surface area contributed by atoms with Crippen molar-refractivity contribution in [1.29, 1.82) is 0 Å². The highest BCUT2D eigenvalue weighted by Gasteiger charge is 2.26. The minimum atomic E-state index is 0.660. The first kappa shape index (κ1) is 13.8. The van der Waals surface area contributed by atoms with Crippen LogP contribution < -0.4 is 0 Å². The van der Waals surface area contributed by atoms with Gasteiger partial charge in [0.15, 0.2) is 0 Å². The van der Waals surface area contributed by atoms with E-state index in [-0.39, 0.29) is 0 Å². The van der Waals surface area contributed by atoms with Gasteiger partial charge in [-0.15, -0.1) is 0 Å². The minimum Gasteiger partial charge on any atom is -0.0949 e.